The number of piperidine rings is 1. The molecular weight excluding hydrogens is 430 g/mol. The second-order valence-electron chi connectivity index (χ2n) is 8.81. The zero-order chi connectivity index (χ0) is 24.4. The van der Waals surface area contributed by atoms with Crippen LogP contribution in [-0.2, 0) is 4.79 Å². The number of methoxy groups -OCH3 is 1. The molecule has 3 aromatic rings. The van der Waals surface area contributed by atoms with E-state index in [0.29, 0.717) is 29.9 Å². The Kier molecular flexibility index (Phi) is 6.38. The number of hydrogen-bond acceptors (Lipinski definition) is 6. The Labute approximate surface area is 198 Å². The first-order valence-corrected chi connectivity index (χ1v) is 11.3. The van der Waals surface area contributed by atoms with Crippen LogP contribution >= 0.6 is 0 Å². The zero-order valence-corrected chi connectivity index (χ0v) is 19.8. The van der Waals surface area contributed by atoms with Crippen LogP contribution < -0.4 is 4.74 Å². The van der Waals surface area contributed by atoms with Gasteiger partial charge in [0.2, 0.25) is 0 Å². The molecule has 9 heteroatoms. The molecule has 9 nitrogen and oxygen atoms in total. The van der Waals surface area contributed by atoms with Crippen molar-refractivity contribution in [1.82, 2.24) is 24.3 Å². The standard InChI is InChI=1S/C25H27N7O2/c1-16(2)9-18(11-26)25(33)30-7-5-21(6-8-30)32-17(3)22(14-29-32)19-10-23(34-4)24-20(12-27)13-28-31(24)15-19/h9-10,13-16,21H,5-8H2,1-4H3. The molecule has 4 rings (SSSR count). The van der Waals surface area contributed by atoms with Gasteiger partial charge in [-0.25, -0.2) is 4.52 Å². The molecule has 1 amide bonds. The Morgan fingerprint density at radius 1 is 1.24 bits per heavy atom. The number of allylic oxidation sites excluding steroid dienone is 1. The summed E-state index contributed by atoms with van der Waals surface area (Å²) in [5.74, 6) is 0.532. The van der Waals surface area contributed by atoms with Gasteiger partial charge in [0.05, 0.1) is 25.5 Å². The molecule has 1 aliphatic rings. The maximum Gasteiger partial charge on any atom is 0.264 e. The smallest absolute Gasteiger partial charge is 0.264 e. The topological polar surface area (TPSA) is 112 Å². The molecule has 174 valence electrons. The van der Waals surface area contributed by atoms with E-state index in [2.05, 4.69) is 16.3 Å². The Morgan fingerprint density at radius 3 is 2.59 bits per heavy atom. The van der Waals surface area contributed by atoms with Crippen LogP contribution in [0.3, 0.4) is 0 Å². The summed E-state index contributed by atoms with van der Waals surface area (Å²) in [5.41, 5.74) is 4.17. The molecule has 4 heterocycles. The number of carbonyl (C=O) groups is 1. The molecule has 3 aromatic heterocycles. The number of hydrogen-bond donors (Lipinski definition) is 0. The number of carbonyl (C=O) groups excluding carboxylic acids is 1. The molecular formula is C25H27N7O2. The molecule has 0 aliphatic carbocycles. The SMILES string of the molecule is COc1cc(-c2cnn(C3CCN(C(=O)C(C#N)=CC(C)C)CC3)c2C)cn2ncc(C#N)c12. The van der Waals surface area contributed by atoms with Crippen molar-refractivity contribution in [3.63, 3.8) is 0 Å². The molecule has 0 unspecified atom stereocenters. The number of nitriles is 2. The van der Waals surface area contributed by atoms with Crippen LogP contribution in [0.5, 0.6) is 5.75 Å². The molecule has 1 fully saturated rings. The van der Waals surface area contributed by atoms with Gasteiger partial charge in [-0.1, -0.05) is 19.9 Å². The maximum atomic E-state index is 12.7. The quantitative estimate of drug-likeness (QED) is 0.427. The Balaban J connectivity index is 1.55. The van der Waals surface area contributed by atoms with E-state index < -0.39 is 0 Å². The van der Waals surface area contributed by atoms with Crippen LogP contribution in [0.15, 0.2) is 36.3 Å². The summed E-state index contributed by atoms with van der Waals surface area (Å²) in [6.45, 7) is 7.10. The minimum Gasteiger partial charge on any atom is -0.494 e. The van der Waals surface area contributed by atoms with Crippen molar-refractivity contribution < 1.29 is 9.53 Å². The molecule has 34 heavy (non-hydrogen) atoms. The average molecular weight is 458 g/mol. The second kappa shape index (κ2) is 9.40. The van der Waals surface area contributed by atoms with Crippen molar-refractivity contribution in [1.29, 1.82) is 10.5 Å². The van der Waals surface area contributed by atoms with E-state index >= 15 is 0 Å². The first-order chi connectivity index (χ1) is 16.4. The van der Waals surface area contributed by atoms with Crippen LogP contribution in [0.4, 0.5) is 0 Å². The number of aromatic nitrogens is 4. The summed E-state index contributed by atoms with van der Waals surface area (Å²) in [4.78, 5) is 14.5. The maximum absolute atomic E-state index is 12.7. The van der Waals surface area contributed by atoms with Gasteiger partial charge in [-0.2, -0.15) is 20.7 Å². The van der Waals surface area contributed by atoms with Gasteiger partial charge in [0.1, 0.15) is 34.5 Å². The van der Waals surface area contributed by atoms with E-state index in [-0.39, 0.29) is 23.4 Å². The molecule has 0 bridgehead atoms. The van der Waals surface area contributed by atoms with Crippen LogP contribution in [0.25, 0.3) is 16.6 Å². The predicted octanol–water partition coefficient (Wildman–Crippen LogP) is 3.66. The summed E-state index contributed by atoms with van der Waals surface area (Å²) in [7, 11) is 1.58. The van der Waals surface area contributed by atoms with Crippen molar-refractivity contribution in [3.05, 3.63) is 47.6 Å². The third-order valence-electron chi connectivity index (χ3n) is 6.22. The normalized spacial score (nSPS) is 14.9. The lowest BCUT2D eigenvalue weighted by Gasteiger charge is -2.32. The summed E-state index contributed by atoms with van der Waals surface area (Å²) in [6.07, 6.45) is 8.49. The summed E-state index contributed by atoms with van der Waals surface area (Å²) < 4.78 is 9.21. The molecule has 0 atom stereocenters. The van der Waals surface area contributed by atoms with E-state index in [1.165, 1.54) is 6.20 Å². The first-order valence-electron chi connectivity index (χ1n) is 11.3. The monoisotopic (exact) mass is 457 g/mol. The van der Waals surface area contributed by atoms with Crippen LogP contribution in [0.1, 0.15) is 44.0 Å². The van der Waals surface area contributed by atoms with Crippen molar-refractivity contribution in [2.24, 2.45) is 5.92 Å². The number of likely N-dealkylation sites (tertiary alicyclic amines) is 1. The van der Waals surface area contributed by atoms with Crippen LogP contribution in [-0.4, -0.2) is 50.4 Å². The highest BCUT2D eigenvalue weighted by Gasteiger charge is 2.27. The van der Waals surface area contributed by atoms with Crippen molar-refractivity contribution >= 4 is 11.4 Å². The van der Waals surface area contributed by atoms with Gasteiger partial charge in [0.25, 0.3) is 5.91 Å². The highest BCUT2D eigenvalue weighted by atomic mass is 16.5. The average Bonchev–Trinajstić information content (AvgIpc) is 3.44. The van der Waals surface area contributed by atoms with Gasteiger partial charge in [-0.15, -0.1) is 0 Å². The summed E-state index contributed by atoms with van der Waals surface area (Å²) in [5, 5.41) is 27.7. The number of fused-ring (bicyclic) bond motifs is 1. The summed E-state index contributed by atoms with van der Waals surface area (Å²) >= 11 is 0. The fourth-order valence-corrected chi connectivity index (χ4v) is 4.52. The summed E-state index contributed by atoms with van der Waals surface area (Å²) in [6, 6.07) is 6.26. The third-order valence-corrected chi connectivity index (χ3v) is 6.22. The van der Waals surface area contributed by atoms with E-state index in [4.69, 9.17) is 4.74 Å². The number of amides is 1. The molecule has 0 saturated carbocycles. The number of pyridine rings is 1. The number of nitrogens with zero attached hydrogens (tertiary/aromatic N) is 7. The lowest BCUT2D eigenvalue weighted by Crippen LogP contribution is -2.40. The van der Waals surface area contributed by atoms with Gasteiger partial charge in [-0.05, 0) is 31.7 Å². The fraction of sp³-hybridized carbons (Fsp3) is 0.400. The Morgan fingerprint density at radius 2 is 1.97 bits per heavy atom. The van der Waals surface area contributed by atoms with E-state index in [0.717, 1.165) is 29.7 Å². The molecule has 0 spiro atoms. The molecule has 0 N–H and O–H groups in total. The van der Waals surface area contributed by atoms with Crippen molar-refractivity contribution in [2.45, 2.75) is 39.7 Å². The molecule has 0 radical (unpaired) electrons. The van der Waals surface area contributed by atoms with E-state index in [9.17, 15) is 15.3 Å². The molecule has 1 saturated heterocycles. The van der Waals surface area contributed by atoms with Crippen molar-refractivity contribution in [3.8, 4) is 29.0 Å². The lowest BCUT2D eigenvalue weighted by molar-refractivity contribution is -0.128. The first kappa shape index (κ1) is 23.1. The van der Waals surface area contributed by atoms with E-state index in [1.54, 1.807) is 22.6 Å². The van der Waals surface area contributed by atoms with Crippen molar-refractivity contribution in [2.75, 3.05) is 20.2 Å². The number of ether oxygens (including phenoxy) is 1. The van der Waals surface area contributed by atoms with Gasteiger partial charge >= 0.3 is 0 Å². The predicted molar refractivity (Wildman–Crippen MR) is 126 cm³/mol. The van der Waals surface area contributed by atoms with Crippen LogP contribution in [0, 0.1) is 35.5 Å². The molecule has 1 aliphatic heterocycles. The second-order valence-corrected chi connectivity index (χ2v) is 8.81. The molecule has 0 aromatic carbocycles. The fourth-order valence-electron chi connectivity index (χ4n) is 4.52. The highest BCUT2D eigenvalue weighted by molar-refractivity contribution is 5.97. The van der Waals surface area contributed by atoms with Gasteiger partial charge in [-0.3, -0.25) is 9.48 Å². The lowest BCUT2D eigenvalue weighted by atomic mass is 10.0. The largest absolute Gasteiger partial charge is 0.494 e. The number of rotatable bonds is 5. The van der Waals surface area contributed by atoms with Crippen LogP contribution in [0.2, 0.25) is 0 Å². The Bertz CT molecular complexity index is 1340. The van der Waals surface area contributed by atoms with Gasteiger partial charge < -0.3 is 9.64 Å². The Hall–Kier alpha value is -4.11. The van der Waals surface area contributed by atoms with Gasteiger partial charge in [0, 0.05) is 36.1 Å². The zero-order valence-electron chi connectivity index (χ0n) is 19.8. The van der Waals surface area contributed by atoms with E-state index in [1.807, 2.05) is 50.0 Å². The van der Waals surface area contributed by atoms with Gasteiger partial charge in [0.15, 0.2) is 0 Å². The highest BCUT2D eigenvalue weighted by Crippen LogP contribution is 2.33. The minimum absolute atomic E-state index is 0.146. The third kappa shape index (κ3) is 4.13. The minimum atomic E-state index is -0.191.